The summed E-state index contributed by atoms with van der Waals surface area (Å²) in [5, 5.41) is 18.4. The van der Waals surface area contributed by atoms with E-state index < -0.39 is 18.5 Å². The van der Waals surface area contributed by atoms with Crippen molar-refractivity contribution in [1.29, 1.82) is 0 Å². The third-order valence-electron chi connectivity index (χ3n) is 5.75. The number of aliphatic carboxylic acids is 1. The van der Waals surface area contributed by atoms with Crippen LogP contribution in [0.2, 0.25) is 5.02 Å². The largest absolute Gasteiger partial charge is 0.493 e. The lowest BCUT2D eigenvalue weighted by atomic mass is 9.98. The number of carbonyl (C=O) groups is 3. The summed E-state index contributed by atoms with van der Waals surface area (Å²) < 4.78 is 16.5. The van der Waals surface area contributed by atoms with E-state index in [1.54, 1.807) is 41.3 Å². The van der Waals surface area contributed by atoms with E-state index in [1.807, 2.05) is 18.2 Å². The molecule has 1 aliphatic heterocycles. The lowest BCUT2D eigenvalue weighted by Crippen LogP contribution is -2.41. The van der Waals surface area contributed by atoms with Gasteiger partial charge in [-0.2, -0.15) is 0 Å². The van der Waals surface area contributed by atoms with Crippen molar-refractivity contribution in [3.63, 3.8) is 0 Å². The van der Waals surface area contributed by atoms with E-state index in [2.05, 4.69) is 0 Å². The van der Waals surface area contributed by atoms with Gasteiger partial charge < -0.3 is 29.3 Å². The number of aromatic carboxylic acids is 1. The number of likely N-dealkylation sites (tertiary alicyclic amines) is 1. The van der Waals surface area contributed by atoms with Crippen molar-refractivity contribution in [3.8, 4) is 27.7 Å². The van der Waals surface area contributed by atoms with Crippen LogP contribution in [0.4, 0.5) is 4.79 Å². The second kappa shape index (κ2) is 12.0. The molecule has 1 aliphatic rings. The fourth-order valence-electron chi connectivity index (χ4n) is 3.86. The lowest BCUT2D eigenvalue weighted by molar-refractivity contribution is -0.139. The topological polar surface area (TPSA) is 123 Å². The van der Waals surface area contributed by atoms with Crippen LogP contribution in [0.15, 0.2) is 54.6 Å². The Morgan fingerprint density at radius 1 is 0.973 bits per heavy atom. The molecule has 2 N–H and O–H groups in total. The number of para-hydroxylation sites is 1. The summed E-state index contributed by atoms with van der Waals surface area (Å²) in [4.78, 5) is 36.8. The van der Waals surface area contributed by atoms with Gasteiger partial charge in [-0.15, -0.1) is 11.3 Å². The second-order valence-corrected chi connectivity index (χ2v) is 9.74. The minimum Gasteiger partial charge on any atom is -0.493 e. The molecule has 1 saturated heterocycles. The standard InChI is InChI=1S/C26H24ClNO8S/c27-21-22(35-15-20(29)30)24(25(31)32)37-23(21)17-5-4-8-19(13-17)34-14-16-9-11-28(12-10-16)26(33)36-18-6-2-1-3-7-18/h1-8,13,16H,9-12,14-15H2,(H,29,30)(H,31,32). The molecule has 0 saturated carbocycles. The first kappa shape index (κ1) is 26.3. The normalized spacial score (nSPS) is 13.7. The summed E-state index contributed by atoms with van der Waals surface area (Å²) in [6.45, 7) is 0.891. The van der Waals surface area contributed by atoms with Gasteiger partial charge in [-0.1, -0.05) is 41.9 Å². The van der Waals surface area contributed by atoms with Crippen LogP contribution in [0.1, 0.15) is 22.5 Å². The van der Waals surface area contributed by atoms with Gasteiger partial charge in [0, 0.05) is 13.1 Å². The molecule has 0 unspecified atom stereocenters. The molecule has 9 nitrogen and oxygen atoms in total. The Balaban J connectivity index is 1.35. The maximum Gasteiger partial charge on any atom is 0.415 e. The van der Waals surface area contributed by atoms with Crippen LogP contribution in [-0.2, 0) is 4.79 Å². The fraction of sp³-hybridized carbons (Fsp3) is 0.269. The molecular formula is C26H24ClNO8S. The number of rotatable bonds is 9. The zero-order valence-electron chi connectivity index (χ0n) is 19.6. The van der Waals surface area contributed by atoms with Gasteiger partial charge in [0.2, 0.25) is 0 Å². The van der Waals surface area contributed by atoms with Crippen molar-refractivity contribution in [2.75, 3.05) is 26.3 Å². The van der Waals surface area contributed by atoms with Crippen LogP contribution in [0.5, 0.6) is 17.2 Å². The summed E-state index contributed by atoms with van der Waals surface area (Å²) in [7, 11) is 0. The number of benzene rings is 2. The maximum absolute atomic E-state index is 12.4. The number of carboxylic acid groups (broad SMARTS) is 2. The van der Waals surface area contributed by atoms with E-state index in [0.717, 1.165) is 24.2 Å². The molecule has 194 valence electrons. The van der Waals surface area contributed by atoms with Gasteiger partial charge in [-0.25, -0.2) is 14.4 Å². The van der Waals surface area contributed by atoms with Gasteiger partial charge in [-0.05, 0) is 48.6 Å². The number of nitrogens with zero attached hydrogens (tertiary/aromatic N) is 1. The van der Waals surface area contributed by atoms with E-state index >= 15 is 0 Å². The zero-order chi connectivity index (χ0) is 26.4. The van der Waals surface area contributed by atoms with Crippen molar-refractivity contribution in [1.82, 2.24) is 4.90 Å². The Labute approximate surface area is 221 Å². The molecule has 37 heavy (non-hydrogen) atoms. The van der Waals surface area contributed by atoms with Crippen molar-refractivity contribution in [3.05, 3.63) is 64.5 Å². The van der Waals surface area contributed by atoms with E-state index in [4.69, 9.17) is 30.9 Å². The summed E-state index contributed by atoms with van der Waals surface area (Å²) >= 11 is 7.28. The zero-order valence-corrected chi connectivity index (χ0v) is 21.2. The van der Waals surface area contributed by atoms with Crippen LogP contribution in [0.3, 0.4) is 0 Å². The minimum absolute atomic E-state index is 0.0376. The van der Waals surface area contributed by atoms with Gasteiger partial charge in [0.05, 0.1) is 11.5 Å². The highest BCUT2D eigenvalue weighted by atomic mass is 35.5. The van der Waals surface area contributed by atoms with Crippen LogP contribution in [-0.4, -0.2) is 59.4 Å². The maximum atomic E-state index is 12.4. The number of carbonyl (C=O) groups excluding carboxylic acids is 1. The average Bonchev–Trinajstić information content (AvgIpc) is 3.23. The van der Waals surface area contributed by atoms with Gasteiger partial charge >= 0.3 is 18.0 Å². The van der Waals surface area contributed by atoms with Crippen LogP contribution < -0.4 is 14.2 Å². The van der Waals surface area contributed by atoms with Gasteiger partial charge in [-0.3, -0.25) is 0 Å². The molecule has 0 bridgehead atoms. The molecule has 1 fully saturated rings. The quantitative estimate of drug-likeness (QED) is 0.360. The third kappa shape index (κ3) is 6.72. The fourth-order valence-corrected chi connectivity index (χ4v) is 5.26. The molecule has 2 heterocycles. The highest BCUT2D eigenvalue weighted by Crippen LogP contribution is 2.46. The summed E-state index contributed by atoms with van der Waals surface area (Å²) in [5.41, 5.74) is 0.624. The first-order valence-electron chi connectivity index (χ1n) is 11.5. The molecular weight excluding hydrogens is 522 g/mol. The Morgan fingerprint density at radius 2 is 1.68 bits per heavy atom. The molecule has 11 heteroatoms. The number of halogens is 1. The van der Waals surface area contributed by atoms with Crippen LogP contribution in [0.25, 0.3) is 10.4 Å². The molecule has 1 aromatic heterocycles. The van der Waals surface area contributed by atoms with Gasteiger partial charge in [0.15, 0.2) is 17.2 Å². The molecule has 0 atom stereocenters. The Kier molecular flexibility index (Phi) is 8.52. The monoisotopic (exact) mass is 545 g/mol. The van der Waals surface area contributed by atoms with E-state index in [1.165, 1.54) is 0 Å². The van der Waals surface area contributed by atoms with Crippen molar-refractivity contribution >= 4 is 41.0 Å². The molecule has 0 aliphatic carbocycles. The average molecular weight is 546 g/mol. The smallest absolute Gasteiger partial charge is 0.415 e. The summed E-state index contributed by atoms with van der Waals surface area (Å²) in [6.07, 6.45) is 1.18. The molecule has 0 spiro atoms. The number of amides is 1. The first-order valence-corrected chi connectivity index (χ1v) is 12.7. The summed E-state index contributed by atoms with van der Waals surface area (Å²) in [5.74, 6) is -1.32. The van der Waals surface area contributed by atoms with E-state index in [9.17, 15) is 19.5 Å². The first-order chi connectivity index (χ1) is 17.8. The Morgan fingerprint density at radius 3 is 2.35 bits per heavy atom. The van der Waals surface area contributed by atoms with Crippen LogP contribution in [0, 0.1) is 5.92 Å². The molecule has 0 radical (unpaired) electrons. The van der Waals surface area contributed by atoms with E-state index in [0.29, 0.717) is 41.6 Å². The molecule has 1 amide bonds. The third-order valence-corrected chi connectivity index (χ3v) is 7.43. The highest BCUT2D eigenvalue weighted by molar-refractivity contribution is 7.18. The predicted octanol–water partition coefficient (Wildman–Crippen LogP) is 5.52. The number of piperidine rings is 1. The lowest BCUT2D eigenvalue weighted by Gasteiger charge is -2.31. The number of hydrogen-bond acceptors (Lipinski definition) is 7. The number of carboxylic acids is 2. The second-order valence-electron chi connectivity index (χ2n) is 8.34. The van der Waals surface area contributed by atoms with Crippen molar-refractivity contribution in [2.45, 2.75) is 12.8 Å². The van der Waals surface area contributed by atoms with Crippen LogP contribution >= 0.6 is 22.9 Å². The minimum atomic E-state index is -1.26. The Bertz CT molecular complexity index is 1270. The molecule has 4 rings (SSSR count). The Hall–Kier alpha value is -3.76. The van der Waals surface area contributed by atoms with E-state index in [-0.39, 0.29) is 27.7 Å². The number of hydrogen-bond donors (Lipinski definition) is 2. The number of thiophene rings is 1. The van der Waals surface area contributed by atoms with Gasteiger partial charge in [0.1, 0.15) is 16.5 Å². The number of ether oxygens (including phenoxy) is 3. The van der Waals surface area contributed by atoms with Crippen molar-refractivity contribution < 1.29 is 38.8 Å². The predicted molar refractivity (Wildman–Crippen MR) is 137 cm³/mol. The summed E-state index contributed by atoms with van der Waals surface area (Å²) in [6, 6.07) is 16.0. The molecule has 2 aromatic carbocycles. The SMILES string of the molecule is O=C(O)COc1c(C(=O)O)sc(-c2cccc(OCC3CCN(C(=O)Oc4ccccc4)CC3)c2)c1Cl. The van der Waals surface area contributed by atoms with Gasteiger partial charge in [0.25, 0.3) is 0 Å². The highest BCUT2D eigenvalue weighted by Gasteiger charge is 2.26. The van der Waals surface area contributed by atoms with Crippen molar-refractivity contribution in [2.24, 2.45) is 5.92 Å². The molecule has 3 aromatic rings.